The summed E-state index contributed by atoms with van der Waals surface area (Å²) in [6.07, 6.45) is -5.78. The van der Waals surface area contributed by atoms with Crippen LogP contribution in [-0.4, -0.2) is 55.6 Å². The summed E-state index contributed by atoms with van der Waals surface area (Å²) in [5.41, 5.74) is 0. The molecule has 0 aromatic heterocycles. The molecular formula is C6H9Cl3O6. The van der Waals surface area contributed by atoms with Crippen LogP contribution >= 0.6 is 35.1 Å². The Labute approximate surface area is 100 Å². The molecule has 0 fully saturated rings. The van der Waals surface area contributed by atoms with Crippen LogP contribution in [0.25, 0.3) is 0 Å². The van der Waals surface area contributed by atoms with E-state index in [1.165, 1.54) is 0 Å². The van der Waals surface area contributed by atoms with Crippen molar-refractivity contribution in [2.75, 3.05) is 6.61 Å². The molecule has 0 aliphatic rings. The molecular weight excluding hydrogens is 274 g/mol. The molecule has 4 N–H and O–H groups in total. The molecule has 4 atom stereocenters. The van der Waals surface area contributed by atoms with E-state index < -0.39 is 35.2 Å². The lowest BCUT2D eigenvalue weighted by Crippen LogP contribution is -2.54. The molecule has 0 saturated heterocycles. The molecule has 0 aromatic rings. The first kappa shape index (κ1) is 15.3. The Bertz CT molecular complexity index is 227. The third kappa shape index (κ3) is 3.40. The molecule has 90 valence electrons. The number of hydrogen-bond donors (Lipinski definition) is 4. The van der Waals surface area contributed by atoms with Gasteiger partial charge in [-0.05, 0) is 11.6 Å². The Morgan fingerprint density at radius 3 is 2.13 bits per heavy atom. The molecule has 0 saturated carbocycles. The van der Waals surface area contributed by atoms with Crippen LogP contribution in [0.3, 0.4) is 0 Å². The second-order valence-electron chi connectivity index (χ2n) is 2.68. The summed E-state index contributed by atoms with van der Waals surface area (Å²) in [6, 6.07) is 0. The summed E-state index contributed by atoms with van der Waals surface area (Å²) in [7, 11) is 0. The van der Waals surface area contributed by atoms with Crippen LogP contribution in [0.2, 0.25) is 0 Å². The van der Waals surface area contributed by atoms with E-state index >= 15 is 0 Å². The van der Waals surface area contributed by atoms with Crippen LogP contribution in [-0.2, 0) is 9.08 Å². The molecule has 0 rings (SSSR count). The Balaban J connectivity index is 4.79. The van der Waals surface area contributed by atoms with Crippen LogP contribution in [0.1, 0.15) is 0 Å². The molecule has 0 radical (unpaired) electrons. The van der Waals surface area contributed by atoms with Gasteiger partial charge in [-0.2, -0.15) is 0 Å². The van der Waals surface area contributed by atoms with E-state index in [-0.39, 0.29) is 0 Å². The van der Waals surface area contributed by atoms with Gasteiger partial charge < -0.3 is 20.4 Å². The first-order valence-electron chi connectivity index (χ1n) is 3.64. The predicted molar refractivity (Wildman–Crippen MR) is 51.5 cm³/mol. The van der Waals surface area contributed by atoms with Crippen LogP contribution < -0.4 is 0 Å². The van der Waals surface area contributed by atoms with Crippen molar-refractivity contribution in [2.45, 2.75) is 23.4 Å². The monoisotopic (exact) mass is 282 g/mol. The smallest absolute Gasteiger partial charge is 0.273 e. The molecule has 6 nitrogen and oxygen atoms in total. The van der Waals surface area contributed by atoms with E-state index in [1.807, 2.05) is 0 Å². The number of alkyl halides is 1. The van der Waals surface area contributed by atoms with Gasteiger partial charge in [-0.25, -0.2) is 4.29 Å². The third-order valence-corrected chi connectivity index (χ3v) is 2.84. The lowest BCUT2D eigenvalue weighted by molar-refractivity contribution is -0.143. The van der Waals surface area contributed by atoms with Gasteiger partial charge in [-0.3, -0.25) is 4.79 Å². The molecule has 0 aromatic carbocycles. The molecule has 9 heteroatoms. The largest absolute Gasteiger partial charge is 0.394 e. The van der Waals surface area contributed by atoms with E-state index in [0.29, 0.717) is 0 Å². The summed E-state index contributed by atoms with van der Waals surface area (Å²) in [4.78, 5) is 10.8. The summed E-state index contributed by atoms with van der Waals surface area (Å²) < 4.78 is 3.93. The Morgan fingerprint density at radius 1 is 1.40 bits per heavy atom. The van der Waals surface area contributed by atoms with E-state index in [0.717, 1.165) is 0 Å². The zero-order chi connectivity index (χ0) is 12.2. The van der Waals surface area contributed by atoms with Crippen molar-refractivity contribution in [2.24, 2.45) is 0 Å². The Morgan fingerprint density at radius 2 is 1.87 bits per heavy atom. The fourth-order valence-corrected chi connectivity index (χ4v) is 1.21. The SMILES string of the molecule is O=C(Cl)[C@](Cl)(OCl)[C@@H](O)[C@@H](O)[C@H](O)CO. The van der Waals surface area contributed by atoms with E-state index in [2.05, 4.69) is 4.29 Å². The first-order valence-corrected chi connectivity index (χ1v) is 4.71. The van der Waals surface area contributed by atoms with Crippen molar-refractivity contribution in [3.8, 4) is 0 Å². The molecule has 0 bridgehead atoms. The fraction of sp³-hybridized carbons (Fsp3) is 0.833. The van der Waals surface area contributed by atoms with Crippen LogP contribution in [0, 0.1) is 0 Å². The summed E-state index contributed by atoms with van der Waals surface area (Å²) in [6.45, 7) is -0.857. The van der Waals surface area contributed by atoms with Crippen molar-refractivity contribution in [1.82, 2.24) is 0 Å². The molecule has 0 aliphatic carbocycles. The number of hydrogen-bond acceptors (Lipinski definition) is 6. The van der Waals surface area contributed by atoms with Crippen LogP contribution in [0.5, 0.6) is 0 Å². The standard InChI is InChI=1S/C6H9Cl3O6/c7-5(14)6(8,15-9)4(13)3(12)2(11)1-10/h2-4,10-13H,1H2/t2-,3+,4+,6-/m1/s1. The zero-order valence-corrected chi connectivity index (χ0v) is 9.45. The van der Waals surface area contributed by atoms with Gasteiger partial charge in [0.05, 0.1) is 18.5 Å². The minimum absolute atomic E-state index is 0.857. The van der Waals surface area contributed by atoms with Crippen molar-refractivity contribution in [3.63, 3.8) is 0 Å². The number of carbonyl (C=O) groups excluding carboxylic acids is 1. The fourth-order valence-electron chi connectivity index (χ4n) is 0.730. The molecule has 0 spiro atoms. The highest BCUT2D eigenvalue weighted by molar-refractivity contribution is 6.70. The maximum absolute atomic E-state index is 10.8. The number of rotatable bonds is 6. The van der Waals surface area contributed by atoms with Crippen molar-refractivity contribution in [3.05, 3.63) is 0 Å². The van der Waals surface area contributed by atoms with Gasteiger partial charge in [0.15, 0.2) is 0 Å². The lowest BCUT2D eigenvalue weighted by Gasteiger charge is -2.30. The second kappa shape index (κ2) is 6.17. The van der Waals surface area contributed by atoms with Crippen molar-refractivity contribution in [1.29, 1.82) is 0 Å². The number of halogens is 3. The lowest BCUT2D eigenvalue weighted by atomic mass is 10.0. The Kier molecular flexibility index (Phi) is 6.31. The van der Waals surface area contributed by atoms with Crippen LogP contribution in [0.4, 0.5) is 0 Å². The van der Waals surface area contributed by atoms with Gasteiger partial charge in [-0.1, -0.05) is 11.6 Å². The predicted octanol–water partition coefficient (Wildman–Crippen LogP) is -1.07. The highest BCUT2D eigenvalue weighted by Gasteiger charge is 2.49. The van der Waals surface area contributed by atoms with Crippen molar-refractivity contribution >= 4 is 40.3 Å². The van der Waals surface area contributed by atoms with Gasteiger partial charge in [0, 0.05) is 0 Å². The van der Waals surface area contributed by atoms with E-state index in [1.54, 1.807) is 0 Å². The highest BCUT2D eigenvalue weighted by atomic mass is 35.5. The summed E-state index contributed by atoms with van der Waals surface area (Å²) in [5.74, 6) is 0. The maximum atomic E-state index is 10.8. The molecule has 0 heterocycles. The van der Waals surface area contributed by atoms with E-state index in [4.69, 9.17) is 45.3 Å². The maximum Gasteiger partial charge on any atom is 0.273 e. The van der Waals surface area contributed by atoms with Gasteiger partial charge in [0.1, 0.15) is 18.3 Å². The molecule has 0 amide bonds. The van der Waals surface area contributed by atoms with Gasteiger partial charge in [-0.15, -0.1) is 0 Å². The second-order valence-corrected chi connectivity index (χ2v) is 3.74. The number of aliphatic hydroxyl groups excluding tert-OH is 4. The average Bonchev–Trinajstić information content (AvgIpc) is 2.24. The average molecular weight is 283 g/mol. The summed E-state index contributed by atoms with van der Waals surface area (Å²) in [5, 5.41) is 32.0. The normalized spacial score (nSPS) is 21.5. The quantitative estimate of drug-likeness (QED) is 0.365. The van der Waals surface area contributed by atoms with Gasteiger partial charge in [0.2, 0.25) is 0 Å². The molecule has 0 unspecified atom stereocenters. The van der Waals surface area contributed by atoms with Crippen molar-refractivity contribution < 1.29 is 29.5 Å². The van der Waals surface area contributed by atoms with Gasteiger partial charge >= 0.3 is 0 Å². The minimum atomic E-state index is -2.60. The van der Waals surface area contributed by atoms with E-state index in [9.17, 15) is 15.0 Å². The van der Waals surface area contributed by atoms with Gasteiger partial charge in [0.25, 0.3) is 10.3 Å². The topological polar surface area (TPSA) is 107 Å². The minimum Gasteiger partial charge on any atom is -0.394 e. The zero-order valence-electron chi connectivity index (χ0n) is 7.18. The Hall–Kier alpha value is 0.340. The first-order chi connectivity index (χ1) is 6.81. The number of aliphatic hydroxyl groups is 4. The summed E-state index contributed by atoms with van der Waals surface area (Å²) >= 11 is 15.2. The number of carbonyl (C=O) groups is 1. The molecule has 15 heavy (non-hydrogen) atoms. The van der Waals surface area contributed by atoms with Crippen LogP contribution in [0.15, 0.2) is 0 Å². The molecule has 0 aliphatic heterocycles. The highest BCUT2D eigenvalue weighted by Crippen LogP contribution is 2.29. The third-order valence-electron chi connectivity index (χ3n) is 1.67.